The first-order valence-corrected chi connectivity index (χ1v) is 7.29. The van der Waals surface area contributed by atoms with Crippen molar-refractivity contribution >= 4 is 34.4 Å². The van der Waals surface area contributed by atoms with Crippen molar-refractivity contribution in [3.8, 4) is 5.75 Å². The molecule has 0 spiro atoms. The van der Waals surface area contributed by atoms with Gasteiger partial charge in [0.2, 0.25) is 0 Å². The Morgan fingerprint density at radius 1 is 1.13 bits per heavy atom. The number of nitro benzene ring substituents is 1. The summed E-state index contributed by atoms with van der Waals surface area (Å²) in [6, 6.07) is 10.5. The zero-order chi connectivity index (χ0) is 17.0. The quantitative estimate of drug-likeness (QED) is 0.500. The average Bonchev–Trinajstić information content (AvgIpc) is 2.51. The Balaban J connectivity index is 2.16. The molecule has 7 heteroatoms. The molecule has 2 aromatic rings. The number of hydrogen-bond acceptors (Lipinski definition) is 4. The van der Waals surface area contributed by atoms with Crippen LogP contribution in [0.5, 0.6) is 5.75 Å². The molecule has 0 unspecified atom stereocenters. The van der Waals surface area contributed by atoms with E-state index in [2.05, 4.69) is 10.6 Å². The monoisotopic (exact) mass is 331 g/mol. The molecule has 0 heterocycles. The fourth-order valence-electron chi connectivity index (χ4n) is 2.01. The standard InChI is InChI=1S/C16H17N3O3S/c1-10-8-14(15(19(20)21)9-11(10)2)18-16(23)17-12-4-6-13(22-3)7-5-12/h4-9H,1-3H3,(H2,17,18,23). The highest BCUT2D eigenvalue weighted by Crippen LogP contribution is 2.28. The summed E-state index contributed by atoms with van der Waals surface area (Å²) >= 11 is 5.23. The molecule has 0 aliphatic heterocycles. The number of methoxy groups -OCH3 is 1. The molecule has 0 bridgehead atoms. The Morgan fingerprint density at radius 2 is 1.74 bits per heavy atom. The van der Waals surface area contributed by atoms with Gasteiger partial charge in [0, 0.05) is 11.8 Å². The fourth-order valence-corrected chi connectivity index (χ4v) is 2.24. The van der Waals surface area contributed by atoms with E-state index in [1.807, 2.05) is 26.0 Å². The number of aryl methyl sites for hydroxylation is 2. The fraction of sp³-hybridized carbons (Fsp3) is 0.188. The molecule has 0 aliphatic rings. The molecule has 2 N–H and O–H groups in total. The van der Waals surface area contributed by atoms with Crippen molar-refractivity contribution in [3.05, 3.63) is 57.6 Å². The molecule has 2 rings (SSSR count). The third-order valence-electron chi connectivity index (χ3n) is 3.40. The molecular formula is C16H17N3O3S. The van der Waals surface area contributed by atoms with E-state index >= 15 is 0 Å². The number of hydrogen-bond donors (Lipinski definition) is 2. The Labute approximate surface area is 139 Å². The van der Waals surface area contributed by atoms with E-state index in [9.17, 15) is 10.1 Å². The van der Waals surface area contributed by atoms with Crippen LogP contribution < -0.4 is 15.4 Å². The van der Waals surface area contributed by atoms with E-state index in [0.717, 1.165) is 22.6 Å². The van der Waals surface area contributed by atoms with Crippen molar-refractivity contribution in [2.24, 2.45) is 0 Å². The van der Waals surface area contributed by atoms with E-state index in [1.54, 1.807) is 25.3 Å². The van der Waals surface area contributed by atoms with Crippen LogP contribution in [0.2, 0.25) is 0 Å². The van der Waals surface area contributed by atoms with Gasteiger partial charge in [0.05, 0.1) is 12.0 Å². The molecular weight excluding hydrogens is 314 g/mol. The average molecular weight is 331 g/mol. The van der Waals surface area contributed by atoms with Gasteiger partial charge in [0.15, 0.2) is 5.11 Å². The number of nitrogens with zero attached hydrogens (tertiary/aromatic N) is 1. The van der Waals surface area contributed by atoms with Crippen LogP contribution >= 0.6 is 12.2 Å². The normalized spacial score (nSPS) is 10.0. The van der Waals surface area contributed by atoms with Crippen LogP contribution in [0, 0.1) is 24.0 Å². The Hall–Kier alpha value is -2.67. The summed E-state index contributed by atoms with van der Waals surface area (Å²) in [4.78, 5) is 10.8. The van der Waals surface area contributed by atoms with Gasteiger partial charge in [-0.25, -0.2) is 0 Å². The molecule has 0 saturated heterocycles. The van der Waals surface area contributed by atoms with Gasteiger partial charge in [0.1, 0.15) is 11.4 Å². The Kier molecular flexibility index (Phi) is 5.13. The lowest BCUT2D eigenvalue weighted by Gasteiger charge is -2.12. The molecule has 0 aromatic heterocycles. The van der Waals surface area contributed by atoms with Crippen LogP contribution in [0.4, 0.5) is 17.1 Å². The van der Waals surface area contributed by atoms with Gasteiger partial charge >= 0.3 is 0 Å². The summed E-state index contributed by atoms with van der Waals surface area (Å²) in [5.41, 5.74) is 2.92. The summed E-state index contributed by atoms with van der Waals surface area (Å²) in [7, 11) is 1.59. The van der Waals surface area contributed by atoms with Crippen LogP contribution in [0.25, 0.3) is 0 Å². The maximum Gasteiger partial charge on any atom is 0.293 e. The number of nitrogens with one attached hydrogen (secondary N) is 2. The third-order valence-corrected chi connectivity index (χ3v) is 3.61. The number of ether oxygens (including phenoxy) is 1. The van der Waals surface area contributed by atoms with Crippen molar-refractivity contribution in [2.45, 2.75) is 13.8 Å². The molecule has 0 atom stereocenters. The summed E-state index contributed by atoms with van der Waals surface area (Å²) < 4.78 is 5.09. The van der Waals surface area contributed by atoms with Gasteiger partial charge in [0.25, 0.3) is 5.69 Å². The van der Waals surface area contributed by atoms with E-state index in [1.165, 1.54) is 6.07 Å². The molecule has 0 fully saturated rings. The number of thiocarbonyl (C=S) groups is 1. The summed E-state index contributed by atoms with van der Waals surface area (Å²) in [5, 5.41) is 17.3. The SMILES string of the molecule is COc1ccc(NC(=S)Nc2cc(C)c(C)cc2[N+](=O)[O-])cc1. The van der Waals surface area contributed by atoms with Crippen molar-refractivity contribution < 1.29 is 9.66 Å². The predicted octanol–water partition coefficient (Wildman–Crippen LogP) is 4.03. The topological polar surface area (TPSA) is 76.4 Å². The second-order valence-corrected chi connectivity index (χ2v) is 5.43. The van der Waals surface area contributed by atoms with Crippen LogP contribution in [0.15, 0.2) is 36.4 Å². The van der Waals surface area contributed by atoms with Crippen LogP contribution in [-0.2, 0) is 0 Å². The third kappa shape index (κ3) is 4.17. The minimum atomic E-state index is -0.426. The van der Waals surface area contributed by atoms with Crippen molar-refractivity contribution in [2.75, 3.05) is 17.7 Å². The molecule has 0 saturated carbocycles. The molecule has 6 nitrogen and oxygen atoms in total. The number of rotatable bonds is 4. The highest BCUT2D eigenvalue weighted by atomic mass is 32.1. The van der Waals surface area contributed by atoms with Gasteiger partial charge < -0.3 is 15.4 Å². The molecule has 2 aromatic carbocycles. The first-order valence-electron chi connectivity index (χ1n) is 6.88. The summed E-state index contributed by atoms with van der Waals surface area (Å²) in [6.07, 6.45) is 0. The lowest BCUT2D eigenvalue weighted by atomic mass is 10.1. The molecule has 0 amide bonds. The highest BCUT2D eigenvalue weighted by Gasteiger charge is 2.16. The van der Waals surface area contributed by atoms with Crippen LogP contribution in [-0.4, -0.2) is 17.1 Å². The van der Waals surface area contributed by atoms with E-state index in [4.69, 9.17) is 17.0 Å². The van der Waals surface area contributed by atoms with Crippen LogP contribution in [0.3, 0.4) is 0 Å². The Morgan fingerprint density at radius 3 is 2.30 bits per heavy atom. The number of nitro groups is 1. The van der Waals surface area contributed by atoms with E-state index in [-0.39, 0.29) is 10.8 Å². The van der Waals surface area contributed by atoms with Gasteiger partial charge in [-0.3, -0.25) is 10.1 Å². The smallest absolute Gasteiger partial charge is 0.293 e. The largest absolute Gasteiger partial charge is 0.497 e. The van der Waals surface area contributed by atoms with E-state index < -0.39 is 4.92 Å². The zero-order valence-electron chi connectivity index (χ0n) is 13.0. The molecule has 120 valence electrons. The first kappa shape index (κ1) is 16.7. The van der Waals surface area contributed by atoms with Gasteiger partial charge in [-0.1, -0.05) is 0 Å². The lowest BCUT2D eigenvalue weighted by Crippen LogP contribution is -2.19. The first-order chi connectivity index (χ1) is 10.9. The van der Waals surface area contributed by atoms with Gasteiger partial charge in [-0.15, -0.1) is 0 Å². The summed E-state index contributed by atoms with van der Waals surface area (Å²) in [5.74, 6) is 0.735. The van der Waals surface area contributed by atoms with Crippen molar-refractivity contribution in [1.82, 2.24) is 0 Å². The van der Waals surface area contributed by atoms with Crippen LogP contribution in [0.1, 0.15) is 11.1 Å². The molecule has 0 radical (unpaired) electrons. The number of benzene rings is 2. The Bertz CT molecular complexity index is 745. The number of anilines is 2. The maximum atomic E-state index is 11.2. The second kappa shape index (κ2) is 7.06. The zero-order valence-corrected chi connectivity index (χ0v) is 13.9. The minimum Gasteiger partial charge on any atom is -0.497 e. The maximum absolute atomic E-state index is 11.2. The second-order valence-electron chi connectivity index (χ2n) is 5.02. The highest BCUT2D eigenvalue weighted by molar-refractivity contribution is 7.80. The van der Waals surface area contributed by atoms with Gasteiger partial charge in [-0.05, 0) is 67.5 Å². The van der Waals surface area contributed by atoms with Gasteiger partial charge in [-0.2, -0.15) is 0 Å². The van der Waals surface area contributed by atoms with Crippen molar-refractivity contribution in [1.29, 1.82) is 0 Å². The summed E-state index contributed by atoms with van der Waals surface area (Å²) in [6.45, 7) is 3.73. The minimum absolute atomic E-state index is 0.00743. The van der Waals surface area contributed by atoms with Crippen molar-refractivity contribution in [3.63, 3.8) is 0 Å². The predicted molar refractivity (Wildman–Crippen MR) is 95.4 cm³/mol. The van der Waals surface area contributed by atoms with E-state index in [0.29, 0.717) is 5.69 Å². The molecule has 0 aliphatic carbocycles. The molecule has 23 heavy (non-hydrogen) atoms. The lowest BCUT2D eigenvalue weighted by molar-refractivity contribution is -0.384.